The van der Waals surface area contributed by atoms with E-state index in [0.29, 0.717) is 11.3 Å². The third-order valence-electron chi connectivity index (χ3n) is 3.35. The summed E-state index contributed by atoms with van der Waals surface area (Å²) in [4.78, 5) is 17.4. The van der Waals surface area contributed by atoms with Gasteiger partial charge in [-0.2, -0.15) is 8.42 Å². The number of pyridine rings is 1. The number of halogens is 1. The molecule has 1 aromatic carbocycles. The van der Waals surface area contributed by atoms with Crippen molar-refractivity contribution in [3.8, 4) is 0 Å². The fourth-order valence-corrected chi connectivity index (χ4v) is 2.96. The number of fused-ring (bicyclic) bond motifs is 1. The van der Waals surface area contributed by atoms with Crippen molar-refractivity contribution in [3.63, 3.8) is 0 Å². The lowest BCUT2D eigenvalue weighted by molar-refractivity contribution is -0.117. The Hall–Kier alpha value is -2.02. The van der Waals surface area contributed by atoms with Gasteiger partial charge >= 0.3 is 10.2 Å². The van der Waals surface area contributed by atoms with E-state index in [9.17, 15) is 17.1 Å². The van der Waals surface area contributed by atoms with E-state index >= 15 is 0 Å². The summed E-state index contributed by atoms with van der Waals surface area (Å²) in [5.74, 6) is -0.0844. The quantitative estimate of drug-likeness (QED) is 0.790. The lowest BCUT2D eigenvalue weighted by atomic mass is 10.2. The number of aromatic nitrogens is 1. The topological polar surface area (TPSA) is 67.3 Å². The van der Waals surface area contributed by atoms with Crippen molar-refractivity contribution >= 4 is 32.9 Å². The van der Waals surface area contributed by atoms with Gasteiger partial charge in [0, 0.05) is 18.4 Å². The number of hydrogen-bond acceptors (Lipinski definition) is 4. The molecule has 1 aliphatic heterocycles. The van der Waals surface area contributed by atoms with Crippen molar-refractivity contribution in [3.05, 3.63) is 36.4 Å². The van der Waals surface area contributed by atoms with Crippen LogP contribution in [0.1, 0.15) is 6.42 Å². The minimum absolute atomic E-state index is 0.191. The summed E-state index contributed by atoms with van der Waals surface area (Å²) in [6.45, 7) is -0.191. The molecule has 2 aromatic rings. The summed E-state index contributed by atoms with van der Waals surface area (Å²) in [5.41, 5.74) is 0.698. The molecule has 1 saturated heterocycles. The third kappa shape index (κ3) is 2.24. The van der Waals surface area contributed by atoms with Crippen LogP contribution in [0.4, 0.5) is 9.70 Å². The Morgan fingerprint density at radius 1 is 1.20 bits per heavy atom. The second-order valence-electron chi connectivity index (χ2n) is 4.67. The molecule has 0 N–H and O–H groups in total. The SMILES string of the molecule is O=C1CC(S(=O)(=O)F)CN1c1ccc2ccccc2n1. The van der Waals surface area contributed by atoms with Crippen LogP contribution in [-0.2, 0) is 15.0 Å². The van der Waals surface area contributed by atoms with Gasteiger partial charge in [-0.25, -0.2) is 4.98 Å². The Bertz CT molecular complexity index is 791. The summed E-state index contributed by atoms with van der Waals surface area (Å²) in [6.07, 6.45) is -0.340. The first-order valence-electron chi connectivity index (χ1n) is 6.05. The van der Waals surface area contributed by atoms with Gasteiger partial charge in [-0.15, -0.1) is 3.89 Å². The molecule has 0 spiro atoms. The van der Waals surface area contributed by atoms with Gasteiger partial charge in [0.25, 0.3) is 0 Å². The molecule has 1 unspecified atom stereocenters. The second kappa shape index (κ2) is 4.52. The molecule has 1 aliphatic rings. The van der Waals surface area contributed by atoms with Crippen molar-refractivity contribution in [1.82, 2.24) is 4.98 Å². The molecule has 0 saturated carbocycles. The van der Waals surface area contributed by atoms with Gasteiger partial charge < -0.3 is 0 Å². The lowest BCUT2D eigenvalue weighted by Gasteiger charge is -2.15. The van der Waals surface area contributed by atoms with Gasteiger partial charge in [-0.3, -0.25) is 9.69 Å². The van der Waals surface area contributed by atoms with Gasteiger partial charge in [0.2, 0.25) is 5.91 Å². The van der Waals surface area contributed by atoms with Crippen LogP contribution in [0.3, 0.4) is 0 Å². The molecular formula is C13H11FN2O3S. The zero-order valence-electron chi connectivity index (χ0n) is 10.4. The number of para-hydroxylation sites is 1. The molecule has 5 nitrogen and oxygen atoms in total. The average molecular weight is 294 g/mol. The van der Waals surface area contributed by atoms with Crippen LogP contribution in [-0.4, -0.2) is 31.1 Å². The summed E-state index contributed by atoms with van der Waals surface area (Å²) in [7, 11) is -4.71. The molecule has 2 heterocycles. The molecule has 0 aliphatic carbocycles. The van der Waals surface area contributed by atoms with Crippen LogP contribution in [0.15, 0.2) is 36.4 Å². The number of carbonyl (C=O) groups is 1. The van der Waals surface area contributed by atoms with E-state index in [1.165, 1.54) is 4.90 Å². The Morgan fingerprint density at radius 3 is 2.65 bits per heavy atom. The molecular weight excluding hydrogens is 283 g/mol. The monoisotopic (exact) mass is 294 g/mol. The number of hydrogen-bond donors (Lipinski definition) is 0. The van der Waals surface area contributed by atoms with E-state index in [0.717, 1.165) is 5.39 Å². The van der Waals surface area contributed by atoms with E-state index in [1.54, 1.807) is 18.2 Å². The molecule has 1 aromatic heterocycles. The third-order valence-corrected chi connectivity index (χ3v) is 4.46. The zero-order valence-corrected chi connectivity index (χ0v) is 11.2. The van der Waals surface area contributed by atoms with Gasteiger partial charge in [0.05, 0.1) is 5.52 Å². The Balaban J connectivity index is 1.97. The normalized spacial score (nSPS) is 19.8. The highest BCUT2D eigenvalue weighted by Crippen LogP contribution is 2.26. The first kappa shape index (κ1) is 13.0. The number of carbonyl (C=O) groups excluding carboxylic acids is 1. The molecule has 0 radical (unpaired) electrons. The van der Waals surface area contributed by atoms with Crippen LogP contribution in [0, 0.1) is 0 Å². The Kier molecular flexibility index (Phi) is 2.93. The molecule has 104 valence electrons. The molecule has 0 bridgehead atoms. The molecule has 1 amide bonds. The van der Waals surface area contributed by atoms with E-state index in [2.05, 4.69) is 4.98 Å². The molecule has 1 fully saturated rings. The summed E-state index contributed by atoms with van der Waals surface area (Å²) >= 11 is 0. The van der Waals surface area contributed by atoms with Crippen LogP contribution >= 0.6 is 0 Å². The zero-order chi connectivity index (χ0) is 14.3. The van der Waals surface area contributed by atoms with E-state index in [-0.39, 0.29) is 13.0 Å². The highest BCUT2D eigenvalue weighted by atomic mass is 32.3. The van der Waals surface area contributed by atoms with Gasteiger partial charge in [-0.05, 0) is 18.2 Å². The second-order valence-corrected chi connectivity index (χ2v) is 6.29. The molecule has 7 heteroatoms. The highest BCUT2D eigenvalue weighted by molar-refractivity contribution is 7.87. The summed E-state index contributed by atoms with van der Waals surface area (Å²) < 4.78 is 34.8. The molecule has 1 atom stereocenters. The first-order chi connectivity index (χ1) is 9.45. The van der Waals surface area contributed by atoms with Crippen molar-refractivity contribution in [2.24, 2.45) is 0 Å². The van der Waals surface area contributed by atoms with Crippen LogP contribution in [0.5, 0.6) is 0 Å². The van der Waals surface area contributed by atoms with E-state index in [4.69, 9.17) is 0 Å². The number of nitrogens with zero attached hydrogens (tertiary/aromatic N) is 2. The van der Waals surface area contributed by atoms with Crippen LogP contribution in [0.2, 0.25) is 0 Å². The maximum absolute atomic E-state index is 13.0. The predicted molar refractivity (Wildman–Crippen MR) is 72.5 cm³/mol. The van der Waals surface area contributed by atoms with Crippen molar-refractivity contribution in [1.29, 1.82) is 0 Å². The van der Waals surface area contributed by atoms with E-state index in [1.807, 2.05) is 18.2 Å². The maximum Gasteiger partial charge on any atom is 0.307 e. The summed E-state index contributed by atoms with van der Waals surface area (Å²) in [6, 6.07) is 10.8. The van der Waals surface area contributed by atoms with Crippen molar-refractivity contribution in [2.75, 3.05) is 11.4 Å². The number of amides is 1. The smallest absolute Gasteiger partial charge is 0.295 e. The standard InChI is InChI=1S/C13H11FN2O3S/c14-20(18,19)10-7-13(17)16(8-10)12-6-5-9-3-1-2-4-11(9)15-12/h1-6,10H,7-8H2. The number of benzene rings is 1. The minimum Gasteiger partial charge on any atom is -0.295 e. The summed E-state index contributed by atoms with van der Waals surface area (Å²) in [5, 5.41) is -0.388. The minimum atomic E-state index is -4.71. The maximum atomic E-state index is 13.0. The predicted octanol–water partition coefficient (Wildman–Crippen LogP) is 1.64. The fraction of sp³-hybridized carbons (Fsp3) is 0.231. The van der Waals surface area contributed by atoms with Gasteiger partial charge in [0.1, 0.15) is 11.1 Å². The Labute approximate surface area is 115 Å². The van der Waals surface area contributed by atoms with Gasteiger partial charge in [-0.1, -0.05) is 18.2 Å². The fourth-order valence-electron chi connectivity index (χ4n) is 2.29. The first-order valence-corrected chi connectivity index (χ1v) is 7.49. The van der Waals surface area contributed by atoms with Crippen LogP contribution < -0.4 is 4.90 Å². The largest absolute Gasteiger partial charge is 0.307 e. The van der Waals surface area contributed by atoms with Crippen LogP contribution in [0.25, 0.3) is 10.9 Å². The Morgan fingerprint density at radius 2 is 1.95 bits per heavy atom. The van der Waals surface area contributed by atoms with E-state index < -0.39 is 21.4 Å². The average Bonchev–Trinajstić information content (AvgIpc) is 2.80. The number of anilines is 1. The molecule has 20 heavy (non-hydrogen) atoms. The highest BCUT2D eigenvalue weighted by Gasteiger charge is 2.39. The van der Waals surface area contributed by atoms with Crippen molar-refractivity contribution in [2.45, 2.75) is 11.7 Å². The van der Waals surface area contributed by atoms with Gasteiger partial charge in [0.15, 0.2) is 0 Å². The number of rotatable bonds is 2. The lowest BCUT2D eigenvalue weighted by Crippen LogP contribution is -2.27. The molecule has 3 rings (SSSR count). The van der Waals surface area contributed by atoms with Crippen molar-refractivity contribution < 1.29 is 17.1 Å².